The summed E-state index contributed by atoms with van der Waals surface area (Å²) in [5, 5.41) is 3.22. The van der Waals surface area contributed by atoms with Crippen LogP contribution in [0.1, 0.15) is 26.7 Å². The zero-order chi connectivity index (χ0) is 11.8. The number of hydrazine groups is 1. The van der Waals surface area contributed by atoms with Gasteiger partial charge in [0.15, 0.2) is 0 Å². The molecule has 1 aliphatic rings. The van der Waals surface area contributed by atoms with E-state index in [0.29, 0.717) is 11.9 Å². The topological polar surface area (TPSA) is 65.7 Å². The lowest BCUT2D eigenvalue weighted by Gasteiger charge is -2.16. The van der Waals surface area contributed by atoms with Gasteiger partial charge in [-0.2, -0.15) is 0 Å². The summed E-state index contributed by atoms with van der Waals surface area (Å²) in [5.41, 5.74) is 2.60. The van der Waals surface area contributed by atoms with Crippen molar-refractivity contribution >= 4 is 5.96 Å². The number of hydrogen-bond donors (Lipinski definition) is 3. The first-order chi connectivity index (χ1) is 7.72. The second-order valence-corrected chi connectivity index (χ2v) is 4.70. The predicted molar refractivity (Wildman–Crippen MR) is 68.1 cm³/mol. The molecule has 0 radical (unpaired) electrons. The number of nitrogens with zero attached hydrogens (tertiary/aromatic N) is 2. The summed E-state index contributed by atoms with van der Waals surface area (Å²) in [5.74, 6) is 6.66. The molecule has 1 fully saturated rings. The van der Waals surface area contributed by atoms with Gasteiger partial charge in [-0.25, -0.2) is 5.84 Å². The first kappa shape index (κ1) is 13.3. The van der Waals surface area contributed by atoms with Crippen LogP contribution in [-0.4, -0.2) is 43.6 Å². The zero-order valence-electron chi connectivity index (χ0n) is 10.5. The maximum Gasteiger partial charge on any atom is 0.205 e. The van der Waals surface area contributed by atoms with E-state index in [9.17, 15) is 0 Å². The van der Waals surface area contributed by atoms with E-state index in [1.54, 1.807) is 0 Å². The molecule has 0 amide bonds. The number of nitrogens with one attached hydrogen (secondary N) is 2. The van der Waals surface area contributed by atoms with Gasteiger partial charge in [0.05, 0.1) is 0 Å². The van der Waals surface area contributed by atoms with Gasteiger partial charge in [0.25, 0.3) is 0 Å². The lowest BCUT2D eigenvalue weighted by molar-refractivity contribution is 0.343. The molecule has 5 nitrogen and oxygen atoms in total. The van der Waals surface area contributed by atoms with E-state index in [1.165, 1.54) is 25.9 Å². The van der Waals surface area contributed by atoms with Crippen LogP contribution in [0.25, 0.3) is 0 Å². The molecule has 0 aromatic heterocycles. The van der Waals surface area contributed by atoms with E-state index < -0.39 is 0 Å². The fourth-order valence-corrected chi connectivity index (χ4v) is 1.77. The summed E-state index contributed by atoms with van der Waals surface area (Å²) < 4.78 is 0. The quantitative estimate of drug-likeness (QED) is 0.271. The average molecular weight is 227 g/mol. The molecule has 1 heterocycles. The molecule has 1 rings (SSSR count). The molecule has 0 unspecified atom stereocenters. The van der Waals surface area contributed by atoms with Crippen molar-refractivity contribution in [2.75, 3.05) is 32.7 Å². The predicted octanol–water partition coefficient (Wildman–Crippen LogP) is 0.147. The molecule has 16 heavy (non-hydrogen) atoms. The summed E-state index contributed by atoms with van der Waals surface area (Å²) in [6.45, 7) is 9.52. The summed E-state index contributed by atoms with van der Waals surface area (Å²) in [6.07, 6.45) is 2.67. The molecule has 1 saturated heterocycles. The monoisotopic (exact) mass is 227 g/mol. The van der Waals surface area contributed by atoms with Gasteiger partial charge in [0.1, 0.15) is 0 Å². The van der Waals surface area contributed by atoms with E-state index in [0.717, 1.165) is 19.6 Å². The first-order valence-corrected chi connectivity index (χ1v) is 6.19. The molecule has 0 atom stereocenters. The van der Waals surface area contributed by atoms with Crippen LogP contribution in [0.5, 0.6) is 0 Å². The van der Waals surface area contributed by atoms with Crippen LogP contribution in [0, 0.1) is 5.92 Å². The Hall–Kier alpha value is -0.810. The lowest BCUT2D eigenvalue weighted by Crippen LogP contribution is -2.44. The Labute approximate surface area is 98.4 Å². The van der Waals surface area contributed by atoms with Gasteiger partial charge in [-0.1, -0.05) is 13.8 Å². The Kier molecular flexibility index (Phi) is 6.18. The average Bonchev–Trinajstić information content (AvgIpc) is 2.75. The van der Waals surface area contributed by atoms with E-state index in [1.807, 2.05) is 0 Å². The second-order valence-electron chi connectivity index (χ2n) is 4.70. The standard InChI is InChI=1S/C11H25N5/c1-10(2)9-14-11(15-12)13-5-8-16-6-3-4-7-16/h10H,3-9,12H2,1-2H3,(H2,13,14,15). The second kappa shape index (κ2) is 7.46. The van der Waals surface area contributed by atoms with Gasteiger partial charge in [0, 0.05) is 19.6 Å². The van der Waals surface area contributed by atoms with Gasteiger partial charge in [0.2, 0.25) is 5.96 Å². The number of rotatable bonds is 5. The molecular formula is C11H25N5. The van der Waals surface area contributed by atoms with Crippen LogP contribution in [0.3, 0.4) is 0 Å². The highest BCUT2D eigenvalue weighted by molar-refractivity contribution is 5.79. The van der Waals surface area contributed by atoms with Gasteiger partial charge in [-0.15, -0.1) is 0 Å². The number of aliphatic imine (C=N–C) groups is 1. The van der Waals surface area contributed by atoms with Gasteiger partial charge >= 0.3 is 0 Å². The Balaban J connectivity index is 2.14. The summed E-state index contributed by atoms with van der Waals surface area (Å²) >= 11 is 0. The van der Waals surface area contributed by atoms with Crippen LogP contribution < -0.4 is 16.6 Å². The highest BCUT2D eigenvalue weighted by atomic mass is 15.3. The first-order valence-electron chi connectivity index (χ1n) is 6.19. The van der Waals surface area contributed by atoms with Crippen LogP contribution in [0.2, 0.25) is 0 Å². The molecule has 0 bridgehead atoms. The highest BCUT2D eigenvalue weighted by Crippen LogP contribution is 2.05. The Morgan fingerprint density at radius 1 is 1.38 bits per heavy atom. The molecule has 0 aromatic carbocycles. The smallest absolute Gasteiger partial charge is 0.205 e. The Morgan fingerprint density at radius 3 is 2.62 bits per heavy atom. The van der Waals surface area contributed by atoms with E-state index in [2.05, 4.69) is 34.5 Å². The molecule has 5 heteroatoms. The molecule has 0 aromatic rings. The SMILES string of the molecule is CC(C)CN=C(NN)NCCN1CCCC1. The third kappa shape index (κ3) is 5.32. The molecule has 1 aliphatic heterocycles. The minimum absolute atomic E-state index is 0.559. The lowest BCUT2D eigenvalue weighted by atomic mass is 10.2. The fraction of sp³-hybridized carbons (Fsp3) is 0.909. The normalized spacial score (nSPS) is 18.1. The number of likely N-dealkylation sites (tertiary alicyclic amines) is 1. The van der Waals surface area contributed by atoms with Crippen molar-refractivity contribution in [2.24, 2.45) is 16.8 Å². The van der Waals surface area contributed by atoms with Crippen molar-refractivity contribution in [3.63, 3.8) is 0 Å². The fourth-order valence-electron chi connectivity index (χ4n) is 1.77. The van der Waals surface area contributed by atoms with E-state index in [4.69, 9.17) is 5.84 Å². The van der Waals surface area contributed by atoms with Crippen molar-refractivity contribution in [2.45, 2.75) is 26.7 Å². The minimum Gasteiger partial charge on any atom is -0.354 e. The zero-order valence-corrected chi connectivity index (χ0v) is 10.5. The largest absolute Gasteiger partial charge is 0.354 e. The highest BCUT2D eigenvalue weighted by Gasteiger charge is 2.10. The van der Waals surface area contributed by atoms with Crippen molar-refractivity contribution in [1.82, 2.24) is 15.6 Å². The van der Waals surface area contributed by atoms with Gasteiger partial charge in [-0.05, 0) is 31.8 Å². The summed E-state index contributed by atoms with van der Waals surface area (Å²) in [4.78, 5) is 6.82. The molecule has 0 saturated carbocycles. The maximum absolute atomic E-state index is 5.40. The maximum atomic E-state index is 5.40. The molecule has 94 valence electrons. The molecular weight excluding hydrogens is 202 g/mol. The van der Waals surface area contributed by atoms with E-state index in [-0.39, 0.29) is 0 Å². The summed E-state index contributed by atoms with van der Waals surface area (Å²) in [7, 11) is 0. The number of hydrogen-bond acceptors (Lipinski definition) is 3. The minimum atomic E-state index is 0.559. The third-order valence-corrected chi connectivity index (χ3v) is 2.67. The third-order valence-electron chi connectivity index (χ3n) is 2.67. The van der Waals surface area contributed by atoms with Crippen molar-refractivity contribution in [1.29, 1.82) is 0 Å². The van der Waals surface area contributed by atoms with Crippen LogP contribution >= 0.6 is 0 Å². The Bertz CT molecular complexity index is 208. The van der Waals surface area contributed by atoms with Crippen LogP contribution in [0.4, 0.5) is 0 Å². The van der Waals surface area contributed by atoms with Crippen molar-refractivity contribution in [3.05, 3.63) is 0 Å². The molecule has 0 spiro atoms. The number of nitrogens with two attached hydrogens (primary N) is 1. The van der Waals surface area contributed by atoms with Crippen molar-refractivity contribution in [3.8, 4) is 0 Å². The molecule has 0 aliphatic carbocycles. The van der Waals surface area contributed by atoms with Crippen molar-refractivity contribution < 1.29 is 0 Å². The Morgan fingerprint density at radius 2 is 2.06 bits per heavy atom. The van der Waals surface area contributed by atoms with Gasteiger partial charge < -0.3 is 10.2 Å². The molecule has 4 N–H and O–H groups in total. The van der Waals surface area contributed by atoms with Crippen LogP contribution in [-0.2, 0) is 0 Å². The number of guanidine groups is 1. The van der Waals surface area contributed by atoms with Crippen LogP contribution in [0.15, 0.2) is 4.99 Å². The summed E-state index contributed by atoms with van der Waals surface area (Å²) in [6, 6.07) is 0. The van der Waals surface area contributed by atoms with E-state index >= 15 is 0 Å². The van der Waals surface area contributed by atoms with Gasteiger partial charge in [-0.3, -0.25) is 10.4 Å².